The Hall–Kier alpha value is -2.25. The van der Waals surface area contributed by atoms with Gasteiger partial charge in [0, 0.05) is 17.7 Å². The highest BCUT2D eigenvalue weighted by molar-refractivity contribution is 7.18. The van der Waals surface area contributed by atoms with Crippen molar-refractivity contribution in [3.8, 4) is 0 Å². The highest BCUT2D eigenvalue weighted by Gasteiger charge is 2.30. The highest BCUT2D eigenvalue weighted by atomic mass is 32.1. The van der Waals surface area contributed by atoms with Gasteiger partial charge in [0.1, 0.15) is 5.70 Å². The Bertz CT molecular complexity index is 883. The number of hydrogen-bond donors (Lipinski definition) is 2. The van der Waals surface area contributed by atoms with Crippen molar-refractivity contribution in [1.29, 1.82) is 0 Å². The van der Waals surface area contributed by atoms with Gasteiger partial charge in [-0.15, -0.1) is 11.3 Å². The summed E-state index contributed by atoms with van der Waals surface area (Å²) in [6, 6.07) is 5.81. The Labute approximate surface area is 155 Å². The topological polar surface area (TPSA) is 82.5 Å². The van der Waals surface area contributed by atoms with E-state index in [0.29, 0.717) is 5.92 Å². The van der Waals surface area contributed by atoms with Gasteiger partial charge < -0.3 is 10.4 Å². The largest absolute Gasteiger partial charge is 0.395 e. The molecule has 0 spiro atoms. The molecule has 4 rings (SSSR count). The molecule has 2 amide bonds. The maximum Gasteiger partial charge on any atom is 0.277 e. The first-order valence-electron chi connectivity index (χ1n) is 9.01. The van der Waals surface area contributed by atoms with Crippen LogP contribution in [0, 0.1) is 0 Å². The number of aliphatic hydroxyl groups is 1. The van der Waals surface area contributed by atoms with Crippen molar-refractivity contribution < 1.29 is 14.7 Å². The van der Waals surface area contributed by atoms with E-state index in [0.717, 1.165) is 20.8 Å². The fraction of sp³-hybridized carbons (Fsp3) is 0.421. The quantitative estimate of drug-likeness (QED) is 0.790. The van der Waals surface area contributed by atoms with Crippen molar-refractivity contribution in [1.82, 2.24) is 9.88 Å². The van der Waals surface area contributed by atoms with E-state index in [2.05, 4.69) is 5.32 Å². The third-order valence-electron chi connectivity index (χ3n) is 4.97. The summed E-state index contributed by atoms with van der Waals surface area (Å²) in [6.07, 6.45) is 7.60. The number of nitrogens with zero attached hydrogens (tertiary/aromatic N) is 2. The first-order chi connectivity index (χ1) is 12.7. The van der Waals surface area contributed by atoms with E-state index in [9.17, 15) is 9.59 Å². The lowest BCUT2D eigenvalue weighted by molar-refractivity contribution is -0.137. The second kappa shape index (κ2) is 7.17. The third-order valence-corrected chi connectivity index (χ3v) is 6.15. The number of benzene rings is 1. The zero-order valence-electron chi connectivity index (χ0n) is 14.4. The van der Waals surface area contributed by atoms with Crippen molar-refractivity contribution in [2.24, 2.45) is 0 Å². The molecule has 0 atom stereocenters. The molecule has 26 heavy (non-hydrogen) atoms. The van der Waals surface area contributed by atoms with Crippen LogP contribution in [0.3, 0.4) is 0 Å². The molecule has 0 bridgehead atoms. The summed E-state index contributed by atoms with van der Waals surface area (Å²) in [5.41, 5.74) is 1.97. The number of nitrogens with one attached hydrogen (secondary N) is 1. The molecule has 1 aliphatic heterocycles. The van der Waals surface area contributed by atoms with Crippen molar-refractivity contribution in [3.05, 3.63) is 35.0 Å². The third kappa shape index (κ3) is 3.24. The van der Waals surface area contributed by atoms with E-state index in [4.69, 9.17) is 10.1 Å². The number of rotatable bonds is 5. The molecule has 1 saturated carbocycles. The van der Waals surface area contributed by atoms with Gasteiger partial charge in [-0.2, -0.15) is 0 Å². The number of carbonyl (C=O) groups is 2. The fourth-order valence-electron chi connectivity index (χ4n) is 3.61. The maximum absolute atomic E-state index is 12.2. The fourth-order valence-corrected chi connectivity index (χ4v) is 4.79. The summed E-state index contributed by atoms with van der Waals surface area (Å²) in [5.74, 6) is -0.234. The van der Waals surface area contributed by atoms with Gasteiger partial charge in [-0.3, -0.25) is 14.5 Å². The van der Waals surface area contributed by atoms with E-state index in [1.54, 1.807) is 11.3 Å². The standard InChI is InChI=1S/C19H21N3O3S/c23-9-8-22-17(24)11-15(19(22)25)20-13-6-7-14-16(10-13)26-18(21-14)12-4-2-1-3-5-12/h6-7,10-12,20,23H,1-5,8-9H2. The van der Waals surface area contributed by atoms with Crippen LogP contribution in [0.4, 0.5) is 5.69 Å². The molecule has 1 aliphatic carbocycles. The Morgan fingerprint density at radius 3 is 2.81 bits per heavy atom. The minimum absolute atomic E-state index is 0.0119. The summed E-state index contributed by atoms with van der Waals surface area (Å²) in [7, 11) is 0. The molecule has 6 nitrogen and oxygen atoms in total. The van der Waals surface area contributed by atoms with Crippen molar-refractivity contribution in [3.63, 3.8) is 0 Å². The SMILES string of the molecule is O=C1C=C(Nc2ccc3nc(C4CCCCC4)sc3c2)C(=O)N1CCO. The lowest BCUT2D eigenvalue weighted by Crippen LogP contribution is -2.34. The first-order valence-corrected chi connectivity index (χ1v) is 9.83. The Kier molecular flexibility index (Phi) is 4.74. The summed E-state index contributed by atoms with van der Waals surface area (Å²) >= 11 is 1.72. The maximum atomic E-state index is 12.2. The van der Waals surface area contributed by atoms with Crippen LogP contribution in [0.1, 0.15) is 43.0 Å². The molecule has 2 aliphatic rings. The van der Waals surface area contributed by atoms with Crippen LogP contribution in [0.5, 0.6) is 0 Å². The lowest BCUT2D eigenvalue weighted by atomic mass is 9.90. The number of anilines is 1. The number of imide groups is 1. The number of aliphatic hydroxyl groups excluding tert-OH is 1. The summed E-state index contributed by atoms with van der Waals surface area (Å²) < 4.78 is 1.08. The zero-order valence-corrected chi connectivity index (χ0v) is 15.2. The van der Waals surface area contributed by atoms with Crippen LogP contribution < -0.4 is 5.32 Å². The second-order valence-electron chi connectivity index (χ2n) is 6.77. The average molecular weight is 371 g/mol. The Balaban J connectivity index is 1.53. The van der Waals surface area contributed by atoms with Gasteiger partial charge in [0.05, 0.1) is 28.4 Å². The number of hydrogen-bond acceptors (Lipinski definition) is 6. The molecule has 0 radical (unpaired) electrons. The van der Waals surface area contributed by atoms with Crippen molar-refractivity contribution in [2.75, 3.05) is 18.5 Å². The van der Waals surface area contributed by atoms with Gasteiger partial charge in [-0.1, -0.05) is 19.3 Å². The monoisotopic (exact) mass is 371 g/mol. The summed E-state index contributed by atoms with van der Waals surface area (Å²) in [5, 5.41) is 13.2. The molecule has 2 heterocycles. The van der Waals surface area contributed by atoms with Crippen molar-refractivity contribution >= 4 is 39.1 Å². The smallest absolute Gasteiger partial charge is 0.277 e. The predicted molar refractivity (Wildman–Crippen MR) is 101 cm³/mol. The van der Waals surface area contributed by atoms with Crippen LogP contribution in [0.15, 0.2) is 30.0 Å². The van der Waals surface area contributed by atoms with Crippen molar-refractivity contribution in [2.45, 2.75) is 38.0 Å². The normalized spacial score (nSPS) is 18.7. The number of fused-ring (bicyclic) bond motifs is 1. The highest BCUT2D eigenvalue weighted by Crippen LogP contribution is 2.37. The number of β-amino-alcohol motifs (C(OH)–C–C–N with tert-alkyl or cyclic N) is 1. The van der Waals surface area contributed by atoms with Gasteiger partial charge in [0.15, 0.2) is 0 Å². The van der Waals surface area contributed by atoms with E-state index in [1.807, 2.05) is 18.2 Å². The molecular formula is C19H21N3O3S. The minimum Gasteiger partial charge on any atom is -0.395 e. The van der Waals surface area contributed by atoms with Gasteiger partial charge in [0.25, 0.3) is 11.8 Å². The van der Waals surface area contributed by atoms with Crippen LogP contribution in [-0.2, 0) is 9.59 Å². The number of carbonyl (C=O) groups excluding carboxylic acids is 2. The molecule has 0 unspecified atom stereocenters. The molecule has 0 saturated heterocycles. The zero-order chi connectivity index (χ0) is 18.1. The van der Waals surface area contributed by atoms with Gasteiger partial charge in [-0.25, -0.2) is 4.98 Å². The number of aromatic nitrogens is 1. The molecule has 2 N–H and O–H groups in total. The molecule has 136 valence electrons. The molecule has 1 aromatic carbocycles. The number of amides is 2. The first kappa shape index (κ1) is 17.2. The lowest BCUT2D eigenvalue weighted by Gasteiger charge is -2.18. The molecule has 7 heteroatoms. The number of thiazole rings is 1. The summed E-state index contributed by atoms with van der Waals surface area (Å²) in [6.45, 7) is -0.229. The van der Waals surface area contributed by atoms with Crippen LogP contribution >= 0.6 is 11.3 Å². The predicted octanol–water partition coefficient (Wildman–Crippen LogP) is 3.00. The van der Waals surface area contributed by atoms with Gasteiger partial charge >= 0.3 is 0 Å². The Morgan fingerprint density at radius 2 is 2.04 bits per heavy atom. The van der Waals surface area contributed by atoms with Gasteiger partial charge in [0.2, 0.25) is 0 Å². The summed E-state index contributed by atoms with van der Waals surface area (Å²) in [4.78, 5) is 29.9. The minimum atomic E-state index is -0.406. The second-order valence-corrected chi connectivity index (χ2v) is 7.83. The van der Waals surface area contributed by atoms with Gasteiger partial charge in [-0.05, 0) is 31.0 Å². The van der Waals surface area contributed by atoms with Crippen LogP contribution in [0.25, 0.3) is 10.2 Å². The molecule has 1 fully saturated rings. The van der Waals surface area contributed by atoms with E-state index in [-0.39, 0.29) is 18.8 Å². The molecule has 2 aromatic rings. The molecular weight excluding hydrogens is 350 g/mol. The Morgan fingerprint density at radius 1 is 1.23 bits per heavy atom. The average Bonchev–Trinajstić information content (AvgIpc) is 3.19. The van der Waals surface area contributed by atoms with E-state index >= 15 is 0 Å². The molecule has 1 aromatic heterocycles. The van der Waals surface area contributed by atoms with E-state index in [1.165, 1.54) is 43.2 Å². The van der Waals surface area contributed by atoms with E-state index < -0.39 is 11.8 Å². The van der Waals surface area contributed by atoms with Crippen LogP contribution in [0.2, 0.25) is 0 Å². The van der Waals surface area contributed by atoms with Crippen LogP contribution in [-0.4, -0.2) is 40.0 Å².